The lowest BCUT2D eigenvalue weighted by Crippen LogP contribution is -2.40. The van der Waals surface area contributed by atoms with Crippen LogP contribution in [0.1, 0.15) is 34.6 Å². The first-order valence-electron chi connectivity index (χ1n) is 6.89. The maximum absolute atomic E-state index is 9.25. The maximum atomic E-state index is 9.25. The summed E-state index contributed by atoms with van der Waals surface area (Å²) in [4.78, 5) is 0. The van der Waals surface area contributed by atoms with Crippen LogP contribution in [0.3, 0.4) is 0 Å². The number of benzene rings is 1. The third kappa shape index (κ3) is 3.94. The van der Waals surface area contributed by atoms with Gasteiger partial charge in [-0.3, -0.25) is 0 Å². The fraction of sp³-hybridized carbons (Fsp3) is 0.571. The van der Waals surface area contributed by atoms with Gasteiger partial charge < -0.3 is 9.53 Å². The molecule has 0 heterocycles. The van der Waals surface area contributed by atoms with Gasteiger partial charge >= 0.3 is 0 Å². The number of hydrogen-bond donors (Lipinski definition) is 1. The Kier molecular flexibility index (Phi) is 3.59. The van der Waals surface area contributed by atoms with E-state index in [1.807, 2.05) is 0 Å². The van der Waals surface area contributed by atoms with Gasteiger partial charge in [0.15, 0.2) is 8.32 Å². The van der Waals surface area contributed by atoms with Gasteiger partial charge in [-0.1, -0.05) is 45.0 Å². The molecule has 0 unspecified atom stereocenters. The largest absolute Gasteiger partial charge is 0.413 e. The summed E-state index contributed by atoms with van der Waals surface area (Å²) >= 11 is 0. The van der Waals surface area contributed by atoms with E-state index in [9.17, 15) is 5.11 Å². The normalized spacial score (nSPS) is 15.4. The van der Waals surface area contributed by atoms with Crippen molar-refractivity contribution in [3.05, 3.63) is 35.4 Å². The predicted octanol–water partition coefficient (Wildman–Crippen LogP) is 3.70. The van der Waals surface area contributed by atoms with Gasteiger partial charge in [0.25, 0.3) is 0 Å². The number of rotatable bonds is 4. The first kappa shape index (κ1) is 11.4. The highest BCUT2D eigenvalue weighted by Gasteiger charge is 2.36. The number of aliphatic hydroxyl groups is 1. The molecule has 1 aromatic rings. The van der Waals surface area contributed by atoms with E-state index in [1.54, 1.807) is 24.3 Å². The molecule has 0 aromatic heterocycles. The first-order valence-corrected chi connectivity index (χ1v) is 8.80. The second-order valence-electron chi connectivity index (χ2n) is 5.86. The molecule has 0 saturated carbocycles. The Bertz CT molecular complexity index is 417. The minimum Gasteiger partial charge on any atom is -0.413 e. The molecular weight excluding hydrogens is 228 g/mol. The Morgan fingerprint density at radius 2 is 1.65 bits per heavy atom. The standard InChI is InChI=1S/C14H24O2Si/c1-14(2,3)17(4,5)16-11-13-8-6-12(10-15)7-9-13/h6-9,15H,10-11H2,1-5H3/i10D2. The molecule has 3 heteroatoms. The van der Waals surface area contributed by atoms with Gasteiger partial charge in [0, 0.05) is 0 Å². The minimum absolute atomic E-state index is 0.176. The molecule has 0 aliphatic rings. The van der Waals surface area contributed by atoms with Gasteiger partial charge in [-0.15, -0.1) is 0 Å². The molecule has 1 rings (SSSR count). The van der Waals surface area contributed by atoms with Gasteiger partial charge in [-0.05, 0) is 29.3 Å². The van der Waals surface area contributed by atoms with E-state index in [-0.39, 0.29) is 10.6 Å². The third-order valence-electron chi connectivity index (χ3n) is 3.49. The Labute approximate surface area is 109 Å². The summed E-state index contributed by atoms with van der Waals surface area (Å²) in [6.45, 7) is 9.25. The van der Waals surface area contributed by atoms with Gasteiger partial charge in [-0.2, -0.15) is 0 Å². The highest BCUT2D eigenvalue weighted by atomic mass is 28.4. The van der Waals surface area contributed by atoms with Crippen LogP contribution in [0.15, 0.2) is 24.3 Å². The van der Waals surface area contributed by atoms with Gasteiger partial charge in [0.1, 0.15) is 0 Å². The summed E-state index contributed by atoms with van der Waals surface area (Å²) in [5.74, 6) is 0. The van der Waals surface area contributed by atoms with Crippen molar-refractivity contribution in [1.82, 2.24) is 0 Å². The molecule has 1 N–H and O–H groups in total. The van der Waals surface area contributed by atoms with E-state index < -0.39 is 14.9 Å². The van der Waals surface area contributed by atoms with Crippen LogP contribution in [0.4, 0.5) is 0 Å². The summed E-state index contributed by atoms with van der Waals surface area (Å²) in [5, 5.41) is 9.43. The second kappa shape index (κ2) is 5.34. The van der Waals surface area contributed by atoms with E-state index >= 15 is 0 Å². The van der Waals surface area contributed by atoms with Crippen LogP contribution < -0.4 is 0 Å². The highest BCUT2D eigenvalue weighted by Crippen LogP contribution is 2.37. The molecule has 2 nitrogen and oxygen atoms in total. The molecule has 0 fully saturated rings. The topological polar surface area (TPSA) is 29.5 Å². The molecule has 17 heavy (non-hydrogen) atoms. The van der Waals surface area contributed by atoms with Crippen molar-refractivity contribution in [3.63, 3.8) is 0 Å². The Hall–Kier alpha value is -0.643. The summed E-state index contributed by atoms with van der Waals surface area (Å²) in [6, 6.07) is 6.81. The van der Waals surface area contributed by atoms with Crippen LogP contribution in [0.2, 0.25) is 18.1 Å². The van der Waals surface area contributed by atoms with Gasteiger partial charge in [0.2, 0.25) is 0 Å². The van der Waals surface area contributed by atoms with Crippen LogP contribution in [-0.2, 0) is 17.6 Å². The summed E-state index contributed by atoms with van der Waals surface area (Å²) in [5.41, 5.74) is 1.27. The third-order valence-corrected chi connectivity index (χ3v) is 7.97. The van der Waals surface area contributed by atoms with Crippen molar-refractivity contribution < 1.29 is 12.3 Å². The molecule has 0 aliphatic carbocycles. The highest BCUT2D eigenvalue weighted by molar-refractivity contribution is 6.74. The van der Waals surface area contributed by atoms with Crippen molar-refractivity contribution in [2.24, 2.45) is 0 Å². The lowest BCUT2D eigenvalue weighted by Gasteiger charge is -2.36. The van der Waals surface area contributed by atoms with E-state index in [4.69, 9.17) is 7.17 Å². The molecular formula is C14H24O2Si. The summed E-state index contributed by atoms with van der Waals surface area (Å²) in [7, 11) is -1.76. The van der Waals surface area contributed by atoms with Crippen LogP contribution >= 0.6 is 0 Å². The van der Waals surface area contributed by atoms with Crippen LogP contribution in [0.5, 0.6) is 0 Å². The number of hydrogen-bond acceptors (Lipinski definition) is 2. The first-order chi connectivity index (χ1) is 8.43. The molecule has 0 saturated heterocycles. The molecule has 96 valence electrons. The molecule has 1 aromatic carbocycles. The van der Waals surface area contributed by atoms with Crippen molar-refractivity contribution in [3.8, 4) is 0 Å². The lowest BCUT2D eigenvalue weighted by molar-refractivity contribution is 0.274. The smallest absolute Gasteiger partial charge is 0.192 e. The van der Waals surface area contributed by atoms with Gasteiger partial charge in [0.05, 0.1) is 15.9 Å². The van der Waals surface area contributed by atoms with Gasteiger partial charge in [-0.25, -0.2) is 0 Å². The SMILES string of the molecule is [2H]C([2H])(O)c1ccc(CO[Si](C)(C)C(C)(C)C)cc1. The fourth-order valence-electron chi connectivity index (χ4n) is 1.16. The van der Waals surface area contributed by atoms with Crippen LogP contribution in [0, 0.1) is 0 Å². The van der Waals surface area contributed by atoms with Crippen molar-refractivity contribution in [2.75, 3.05) is 0 Å². The average Bonchev–Trinajstić information content (AvgIpc) is 2.24. The van der Waals surface area contributed by atoms with Crippen molar-refractivity contribution in [1.29, 1.82) is 0 Å². The zero-order chi connectivity index (χ0) is 14.9. The van der Waals surface area contributed by atoms with Crippen LogP contribution in [-0.4, -0.2) is 13.4 Å². The molecule has 0 aliphatic heterocycles. The Balaban J connectivity index is 2.70. The second-order valence-corrected chi connectivity index (χ2v) is 10.7. The zero-order valence-corrected chi connectivity index (χ0v) is 12.4. The predicted molar refractivity (Wildman–Crippen MR) is 74.4 cm³/mol. The quantitative estimate of drug-likeness (QED) is 0.830. The summed E-state index contributed by atoms with van der Waals surface area (Å²) in [6.07, 6.45) is 0. The zero-order valence-electron chi connectivity index (χ0n) is 13.4. The van der Waals surface area contributed by atoms with Crippen molar-refractivity contribution in [2.45, 2.75) is 52.1 Å². The molecule has 0 bridgehead atoms. The van der Waals surface area contributed by atoms with E-state index in [0.717, 1.165) is 5.56 Å². The molecule has 0 spiro atoms. The van der Waals surface area contributed by atoms with Crippen LogP contribution in [0.25, 0.3) is 0 Å². The molecule has 0 amide bonds. The molecule has 0 radical (unpaired) electrons. The van der Waals surface area contributed by atoms with E-state index in [2.05, 4.69) is 33.9 Å². The molecule has 0 atom stereocenters. The summed E-state index contributed by atoms with van der Waals surface area (Å²) < 4.78 is 20.5. The lowest BCUT2D eigenvalue weighted by atomic mass is 10.1. The Morgan fingerprint density at radius 3 is 2.06 bits per heavy atom. The Morgan fingerprint density at radius 1 is 1.18 bits per heavy atom. The monoisotopic (exact) mass is 254 g/mol. The maximum Gasteiger partial charge on any atom is 0.192 e. The van der Waals surface area contributed by atoms with Crippen molar-refractivity contribution >= 4 is 8.32 Å². The van der Waals surface area contributed by atoms with E-state index in [1.165, 1.54) is 0 Å². The minimum atomic E-state index is -2.28. The fourth-order valence-corrected chi connectivity index (χ4v) is 2.12. The average molecular weight is 254 g/mol. The van der Waals surface area contributed by atoms with E-state index in [0.29, 0.717) is 6.61 Å².